The quantitative estimate of drug-likeness (QED) is 0.716. The molecule has 0 aliphatic carbocycles. The predicted molar refractivity (Wildman–Crippen MR) is 98.5 cm³/mol. The van der Waals surface area contributed by atoms with E-state index < -0.39 is 0 Å². The van der Waals surface area contributed by atoms with Gasteiger partial charge in [0.15, 0.2) is 0 Å². The molecule has 6 nitrogen and oxygen atoms in total. The fourth-order valence-corrected chi connectivity index (χ4v) is 4.74. The van der Waals surface area contributed by atoms with Crippen LogP contribution in [0, 0.1) is 0 Å². The summed E-state index contributed by atoms with van der Waals surface area (Å²) in [6, 6.07) is 8.60. The van der Waals surface area contributed by atoms with Crippen molar-refractivity contribution in [2.45, 2.75) is 62.8 Å². The van der Waals surface area contributed by atoms with Gasteiger partial charge in [0.2, 0.25) is 0 Å². The maximum Gasteiger partial charge on any atom is 0.318 e. The number of benzene rings is 1. The second-order valence-corrected chi connectivity index (χ2v) is 7.74. The number of fused-ring (bicyclic) bond motifs is 2. The number of nitrogen functional groups attached to an aromatic ring is 1. The summed E-state index contributed by atoms with van der Waals surface area (Å²) < 4.78 is 0. The first-order valence-electron chi connectivity index (χ1n) is 9.47. The number of hydrogen-bond acceptors (Lipinski definition) is 4. The highest BCUT2D eigenvalue weighted by Crippen LogP contribution is 2.35. The van der Waals surface area contributed by atoms with Gasteiger partial charge in [0.1, 0.15) is 0 Å². The number of amides is 2. The largest absolute Gasteiger partial charge is 0.399 e. The highest BCUT2D eigenvalue weighted by atomic mass is 16.3. The predicted octanol–water partition coefficient (Wildman–Crippen LogP) is 1.93. The summed E-state index contributed by atoms with van der Waals surface area (Å²) in [5.41, 5.74) is 7.71. The Kier molecular flexibility index (Phi) is 4.46. The summed E-state index contributed by atoms with van der Waals surface area (Å²) in [5, 5.41) is 13.2. The molecular weight excluding hydrogens is 316 g/mol. The van der Waals surface area contributed by atoms with Gasteiger partial charge in [-0.05, 0) is 62.8 Å². The lowest BCUT2D eigenvalue weighted by atomic mass is 10.00. The fraction of sp³-hybridized carbons (Fsp3) is 0.632. The molecule has 3 heterocycles. The number of aliphatic hydroxyl groups is 1. The van der Waals surface area contributed by atoms with Crippen LogP contribution in [0.3, 0.4) is 0 Å². The van der Waals surface area contributed by atoms with E-state index in [1.54, 1.807) is 0 Å². The molecule has 3 aliphatic heterocycles. The first-order valence-corrected chi connectivity index (χ1v) is 9.47. The summed E-state index contributed by atoms with van der Waals surface area (Å²) in [4.78, 5) is 17.2. The van der Waals surface area contributed by atoms with Crippen LogP contribution in [0.2, 0.25) is 0 Å². The third-order valence-electron chi connectivity index (χ3n) is 5.95. The number of nitrogens with one attached hydrogen (secondary N) is 1. The van der Waals surface area contributed by atoms with E-state index in [-0.39, 0.29) is 30.3 Å². The van der Waals surface area contributed by atoms with Crippen molar-refractivity contribution in [1.82, 2.24) is 10.2 Å². The van der Waals surface area contributed by atoms with Gasteiger partial charge < -0.3 is 26.0 Å². The highest BCUT2D eigenvalue weighted by Gasteiger charge is 2.43. The monoisotopic (exact) mass is 344 g/mol. The number of nitrogens with two attached hydrogens (primary N) is 1. The van der Waals surface area contributed by atoms with Crippen LogP contribution in [0.25, 0.3) is 0 Å². The van der Waals surface area contributed by atoms with E-state index in [4.69, 9.17) is 5.73 Å². The van der Waals surface area contributed by atoms with Gasteiger partial charge in [-0.2, -0.15) is 0 Å². The molecule has 4 atom stereocenters. The second kappa shape index (κ2) is 6.75. The number of nitrogens with zero attached hydrogens (tertiary/aromatic N) is 2. The van der Waals surface area contributed by atoms with Crippen molar-refractivity contribution < 1.29 is 9.90 Å². The Morgan fingerprint density at radius 1 is 1.12 bits per heavy atom. The zero-order chi connectivity index (χ0) is 17.4. The molecule has 4 rings (SSSR count). The Balaban J connectivity index is 1.37. The van der Waals surface area contributed by atoms with Crippen LogP contribution in [-0.4, -0.2) is 53.4 Å². The Bertz CT molecular complexity index is 606. The molecule has 6 heteroatoms. The normalized spacial score (nSPS) is 31.9. The highest BCUT2D eigenvalue weighted by molar-refractivity contribution is 5.76. The Morgan fingerprint density at radius 3 is 2.48 bits per heavy atom. The molecule has 3 fully saturated rings. The van der Waals surface area contributed by atoms with Crippen molar-refractivity contribution in [2.24, 2.45) is 0 Å². The molecule has 3 aliphatic rings. The third kappa shape index (κ3) is 3.40. The van der Waals surface area contributed by atoms with Crippen LogP contribution in [0.15, 0.2) is 24.3 Å². The lowest BCUT2D eigenvalue weighted by Crippen LogP contribution is -2.56. The summed E-state index contributed by atoms with van der Waals surface area (Å²) >= 11 is 0. The summed E-state index contributed by atoms with van der Waals surface area (Å²) in [7, 11) is 0. The molecule has 1 aromatic carbocycles. The van der Waals surface area contributed by atoms with Gasteiger partial charge in [-0.15, -0.1) is 0 Å². The molecule has 1 unspecified atom stereocenters. The van der Waals surface area contributed by atoms with Gasteiger partial charge in [-0.3, -0.25) is 0 Å². The van der Waals surface area contributed by atoms with Crippen LogP contribution in [0.5, 0.6) is 0 Å². The third-order valence-corrected chi connectivity index (χ3v) is 5.95. The summed E-state index contributed by atoms with van der Waals surface area (Å²) in [6.07, 6.45) is 5.36. The maximum atomic E-state index is 12.8. The molecule has 0 aromatic heterocycles. The van der Waals surface area contributed by atoms with Crippen molar-refractivity contribution in [3.8, 4) is 0 Å². The molecule has 0 radical (unpaired) electrons. The van der Waals surface area contributed by atoms with Crippen molar-refractivity contribution in [1.29, 1.82) is 0 Å². The number of carbonyl (C=O) groups excluding carboxylic acids is 1. The van der Waals surface area contributed by atoms with Crippen LogP contribution in [0.4, 0.5) is 16.2 Å². The Labute approximate surface area is 149 Å². The number of carbonyl (C=O) groups is 1. The van der Waals surface area contributed by atoms with Crippen molar-refractivity contribution in [3.05, 3.63) is 24.3 Å². The molecule has 2 bridgehead atoms. The molecule has 136 valence electrons. The minimum Gasteiger partial charge on any atom is -0.399 e. The number of hydrogen-bond donors (Lipinski definition) is 3. The van der Waals surface area contributed by atoms with E-state index in [9.17, 15) is 9.90 Å². The van der Waals surface area contributed by atoms with Gasteiger partial charge in [0, 0.05) is 42.6 Å². The van der Waals surface area contributed by atoms with E-state index in [0.717, 1.165) is 63.0 Å². The molecule has 0 spiro atoms. The van der Waals surface area contributed by atoms with Crippen molar-refractivity contribution in [2.75, 3.05) is 23.7 Å². The smallest absolute Gasteiger partial charge is 0.318 e. The van der Waals surface area contributed by atoms with E-state index in [1.165, 1.54) is 0 Å². The number of piperidine rings is 2. The second-order valence-electron chi connectivity index (χ2n) is 7.74. The van der Waals surface area contributed by atoms with E-state index >= 15 is 0 Å². The molecular formula is C19H28N4O2. The Morgan fingerprint density at radius 2 is 1.80 bits per heavy atom. The van der Waals surface area contributed by atoms with E-state index in [1.807, 2.05) is 29.2 Å². The number of anilines is 2. The molecule has 2 amide bonds. The van der Waals surface area contributed by atoms with Gasteiger partial charge in [0.05, 0.1) is 6.10 Å². The van der Waals surface area contributed by atoms with Gasteiger partial charge in [-0.25, -0.2) is 4.79 Å². The minimum atomic E-state index is -0.239. The summed E-state index contributed by atoms with van der Waals surface area (Å²) in [6.45, 7) is 1.85. The molecule has 1 aromatic rings. The molecule has 3 saturated heterocycles. The van der Waals surface area contributed by atoms with Crippen molar-refractivity contribution >= 4 is 17.4 Å². The number of aliphatic hydroxyl groups excluding tert-OH is 1. The van der Waals surface area contributed by atoms with Gasteiger partial charge in [0.25, 0.3) is 0 Å². The zero-order valence-electron chi connectivity index (χ0n) is 14.6. The lowest BCUT2D eigenvalue weighted by molar-refractivity contribution is 0.0533. The van der Waals surface area contributed by atoms with Crippen LogP contribution in [0.1, 0.15) is 38.5 Å². The zero-order valence-corrected chi connectivity index (χ0v) is 14.6. The average molecular weight is 344 g/mol. The van der Waals surface area contributed by atoms with E-state index in [0.29, 0.717) is 0 Å². The number of urea groups is 1. The minimum absolute atomic E-state index is 0.0588. The average Bonchev–Trinajstić information content (AvgIpc) is 2.87. The Hall–Kier alpha value is -1.95. The molecule has 25 heavy (non-hydrogen) atoms. The molecule has 4 N–H and O–H groups in total. The van der Waals surface area contributed by atoms with Crippen LogP contribution in [-0.2, 0) is 0 Å². The van der Waals surface area contributed by atoms with Crippen molar-refractivity contribution in [3.63, 3.8) is 0 Å². The van der Waals surface area contributed by atoms with Gasteiger partial charge in [-0.1, -0.05) is 0 Å². The van der Waals surface area contributed by atoms with E-state index in [2.05, 4.69) is 10.2 Å². The standard InChI is InChI=1S/C19H28N4O2/c20-13-3-5-15(6-4-13)22-9-1-2-14(12-22)21-19(25)23-16-7-8-17(23)11-18(24)10-16/h3-6,14,16-18,24H,1-2,7-12,20H2,(H,21,25)/t14-,16-,17+,18?/m0/s1. The van der Waals surface area contributed by atoms with Crippen LogP contribution >= 0.6 is 0 Å². The maximum absolute atomic E-state index is 12.8. The first-order chi connectivity index (χ1) is 12.1. The number of rotatable bonds is 2. The topological polar surface area (TPSA) is 81.8 Å². The lowest BCUT2D eigenvalue weighted by Gasteiger charge is -2.40. The first kappa shape index (κ1) is 16.5. The van der Waals surface area contributed by atoms with Crippen LogP contribution < -0.4 is 16.0 Å². The molecule has 0 saturated carbocycles. The summed E-state index contributed by atoms with van der Waals surface area (Å²) in [5.74, 6) is 0. The SMILES string of the molecule is Nc1ccc(N2CCC[C@H](NC(=O)N3[C@@H]4CC[C@H]3CC(O)C4)C2)cc1. The van der Waals surface area contributed by atoms with Gasteiger partial charge >= 0.3 is 6.03 Å². The fourth-order valence-electron chi connectivity index (χ4n) is 4.74.